The highest BCUT2D eigenvalue weighted by Gasteiger charge is 2.05. The second-order valence-corrected chi connectivity index (χ2v) is 3.02. The van der Waals surface area contributed by atoms with Gasteiger partial charge in [-0.1, -0.05) is 12.1 Å². The first-order chi connectivity index (χ1) is 5.74. The van der Waals surface area contributed by atoms with E-state index >= 15 is 0 Å². The van der Waals surface area contributed by atoms with Crippen molar-refractivity contribution in [3.05, 3.63) is 24.3 Å². The number of phenolic OH excluding ortho intramolecular Hbond substituents is 1. The molecule has 0 saturated carbocycles. The first-order valence-electron chi connectivity index (χ1n) is 3.20. The van der Waals surface area contributed by atoms with Crippen molar-refractivity contribution in [3.63, 3.8) is 0 Å². The number of amides is 1. The topological polar surface area (TPSA) is 75.3 Å². The molecular weight excluding hydrogens is 176 g/mol. The van der Waals surface area contributed by atoms with Crippen LogP contribution >= 0.6 is 11.8 Å². The number of hydrazine groups is 1. The number of rotatable bonds is 1. The molecule has 1 aromatic rings. The van der Waals surface area contributed by atoms with Crippen LogP contribution in [-0.4, -0.2) is 10.3 Å². The summed E-state index contributed by atoms with van der Waals surface area (Å²) in [5, 5.41) is 8.81. The Morgan fingerprint density at radius 3 is 2.75 bits per heavy atom. The Hall–Kier alpha value is -1.20. The third-order valence-corrected chi connectivity index (χ3v) is 2.05. The number of thioether (sulfide) groups is 1. The van der Waals surface area contributed by atoms with E-state index < -0.39 is 5.24 Å². The van der Waals surface area contributed by atoms with Crippen LogP contribution in [0.15, 0.2) is 29.2 Å². The van der Waals surface area contributed by atoms with Crippen LogP contribution < -0.4 is 11.3 Å². The first kappa shape index (κ1) is 8.89. The van der Waals surface area contributed by atoms with E-state index in [0.717, 1.165) is 11.8 Å². The number of phenols is 1. The Morgan fingerprint density at radius 1 is 1.50 bits per heavy atom. The van der Waals surface area contributed by atoms with E-state index in [9.17, 15) is 9.90 Å². The summed E-state index contributed by atoms with van der Waals surface area (Å²) in [6.07, 6.45) is 0. The highest BCUT2D eigenvalue weighted by Crippen LogP contribution is 2.27. The standard InChI is InChI=1S/C7H8N2O2S/c8-9-7(11)12-6-4-2-1-3-5(6)10/h1-4,10H,8H2,(H,9,11). The number of carbonyl (C=O) groups excluding carboxylic acids is 1. The van der Waals surface area contributed by atoms with Crippen LogP contribution in [0, 0.1) is 0 Å². The second kappa shape index (κ2) is 3.99. The summed E-state index contributed by atoms with van der Waals surface area (Å²) in [6, 6.07) is 6.55. The van der Waals surface area contributed by atoms with Crippen LogP contribution in [0.1, 0.15) is 0 Å². The molecule has 5 heteroatoms. The fraction of sp³-hybridized carbons (Fsp3) is 0. The molecule has 0 bridgehead atoms. The molecule has 0 heterocycles. The third-order valence-electron chi connectivity index (χ3n) is 1.19. The summed E-state index contributed by atoms with van der Waals surface area (Å²) >= 11 is 0.845. The maximum absolute atomic E-state index is 10.7. The van der Waals surface area contributed by atoms with Crippen molar-refractivity contribution >= 4 is 17.0 Å². The number of carbonyl (C=O) groups is 1. The summed E-state index contributed by atoms with van der Waals surface area (Å²) in [4.78, 5) is 11.2. The molecule has 64 valence electrons. The number of nitrogens with two attached hydrogens (primary N) is 1. The molecule has 4 nitrogen and oxygen atoms in total. The van der Waals surface area contributed by atoms with E-state index in [1.54, 1.807) is 18.2 Å². The average molecular weight is 184 g/mol. The molecule has 0 aromatic heterocycles. The van der Waals surface area contributed by atoms with Crippen LogP contribution in [-0.2, 0) is 0 Å². The molecule has 1 amide bonds. The van der Waals surface area contributed by atoms with E-state index in [2.05, 4.69) is 0 Å². The summed E-state index contributed by atoms with van der Waals surface area (Å²) in [7, 11) is 0. The van der Waals surface area contributed by atoms with Gasteiger partial charge in [-0.25, -0.2) is 5.84 Å². The van der Waals surface area contributed by atoms with Crippen LogP contribution in [0.25, 0.3) is 0 Å². The average Bonchev–Trinajstić information content (AvgIpc) is 2.09. The maximum Gasteiger partial charge on any atom is 0.297 e. The highest BCUT2D eigenvalue weighted by atomic mass is 32.2. The zero-order valence-electron chi connectivity index (χ0n) is 6.15. The van der Waals surface area contributed by atoms with Gasteiger partial charge in [-0.15, -0.1) is 0 Å². The Balaban J connectivity index is 2.75. The maximum atomic E-state index is 10.7. The predicted molar refractivity (Wildman–Crippen MR) is 46.7 cm³/mol. The Kier molecular flexibility index (Phi) is 2.95. The number of aromatic hydroxyl groups is 1. The minimum atomic E-state index is -0.406. The van der Waals surface area contributed by atoms with Gasteiger partial charge in [0, 0.05) is 0 Å². The number of hydrogen-bond donors (Lipinski definition) is 3. The van der Waals surface area contributed by atoms with Gasteiger partial charge in [0.05, 0.1) is 4.90 Å². The van der Waals surface area contributed by atoms with Crippen LogP contribution in [0.2, 0.25) is 0 Å². The Morgan fingerprint density at radius 2 is 2.17 bits per heavy atom. The molecule has 0 radical (unpaired) electrons. The van der Waals surface area contributed by atoms with Crippen molar-refractivity contribution in [1.82, 2.24) is 5.43 Å². The van der Waals surface area contributed by atoms with E-state index in [1.165, 1.54) is 6.07 Å². The minimum Gasteiger partial charge on any atom is -0.507 e. The van der Waals surface area contributed by atoms with Crippen molar-refractivity contribution in [1.29, 1.82) is 0 Å². The van der Waals surface area contributed by atoms with Gasteiger partial charge < -0.3 is 5.11 Å². The van der Waals surface area contributed by atoms with Gasteiger partial charge in [-0.05, 0) is 23.9 Å². The SMILES string of the molecule is NNC(=O)Sc1ccccc1O. The van der Waals surface area contributed by atoms with E-state index in [1.807, 2.05) is 5.43 Å². The van der Waals surface area contributed by atoms with Crippen molar-refractivity contribution in [3.8, 4) is 5.75 Å². The summed E-state index contributed by atoms with van der Waals surface area (Å²) in [5.41, 5.74) is 1.95. The molecule has 0 aliphatic carbocycles. The number of benzene rings is 1. The molecule has 0 spiro atoms. The van der Waals surface area contributed by atoms with Crippen molar-refractivity contribution < 1.29 is 9.90 Å². The molecular formula is C7H8N2O2S. The van der Waals surface area contributed by atoms with E-state index in [4.69, 9.17) is 5.84 Å². The van der Waals surface area contributed by atoms with Crippen molar-refractivity contribution in [2.45, 2.75) is 4.90 Å². The lowest BCUT2D eigenvalue weighted by atomic mass is 10.3. The molecule has 1 rings (SSSR count). The van der Waals surface area contributed by atoms with Gasteiger partial charge in [-0.2, -0.15) is 0 Å². The fourth-order valence-electron chi connectivity index (χ4n) is 0.673. The zero-order chi connectivity index (χ0) is 8.97. The van der Waals surface area contributed by atoms with Gasteiger partial charge >= 0.3 is 0 Å². The molecule has 0 unspecified atom stereocenters. The van der Waals surface area contributed by atoms with Gasteiger partial charge in [-0.3, -0.25) is 10.2 Å². The molecule has 0 fully saturated rings. The number of para-hydroxylation sites is 1. The first-order valence-corrected chi connectivity index (χ1v) is 4.02. The molecule has 0 aliphatic rings. The molecule has 4 N–H and O–H groups in total. The molecule has 1 aromatic carbocycles. The quantitative estimate of drug-likeness (QED) is 0.264. The molecule has 0 saturated heterocycles. The molecule has 12 heavy (non-hydrogen) atoms. The van der Waals surface area contributed by atoms with Crippen molar-refractivity contribution in [2.24, 2.45) is 5.84 Å². The van der Waals surface area contributed by atoms with Gasteiger partial charge in [0.25, 0.3) is 5.24 Å². The summed E-state index contributed by atoms with van der Waals surface area (Å²) < 4.78 is 0. The van der Waals surface area contributed by atoms with E-state index in [-0.39, 0.29) is 5.75 Å². The lowest BCUT2D eigenvalue weighted by Gasteiger charge is -2.00. The predicted octanol–water partition coefficient (Wildman–Crippen LogP) is 1.07. The normalized spacial score (nSPS) is 9.42. The lowest BCUT2D eigenvalue weighted by molar-refractivity contribution is 0.261. The summed E-state index contributed by atoms with van der Waals surface area (Å²) in [5.74, 6) is 4.94. The number of hydrogen-bond acceptors (Lipinski definition) is 4. The lowest BCUT2D eigenvalue weighted by Crippen LogP contribution is -2.25. The van der Waals surface area contributed by atoms with Gasteiger partial charge in [0.15, 0.2) is 0 Å². The smallest absolute Gasteiger partial charge is 0.297 e. The largest absolute Gasteiger partial charge is 0.507 e. The van der Waals surface area contributed by atoms with Gasteiger partial charge in [0.2, 0.25) is 0 Å². The summed E-state index contributed by atoms with van der Waals surface area (Å²) in [6.45, 7) is 0. The molecule has 0 aliphatic heterocycles. The number of nitrogens with one attached hydrogen (secondary N) is 1. The zero-order valence-corrected chi connectivity index (χ0v) is 6.97. The van der Waals surface area contributed by atoms with Crippen molar-refractivity contribution in [2.75, 3.05) is 0 Å². The fourth-order valence-corrected chi connectivity index (χ4v) is 1.25. The second-order valence-electron chi connectivity index (χ2n) is 2.00. The van der Waals surface area contributed by atoms with Crippen LogP contribution in [0.5, 0.6) is 5.75 Å². The Bertz CT molecular complexity index is 290. The van der Waals surface area contributed by atoms with Gasteiger partial charge in [0.1, 0.15) is 5.75 Å². The third kappa shape index (κ3) is 2.14. The van der Waals surface area contributed by atoms with Crippen LogP contribution in [0.4, 0.5) is 4.79 Å². The Labute approximate surface area is 73.7 Å². The monoisotopic (exact) mass is 184 g/mol. The molecule has 0 atom stereocenters. The minimum absolute atomic E-state index is 0.0751. The highest BCUT2D eigenvalue weighted by molar-refractivity contribution is 8.13. The van der Waals surface area contributed by atoms with E-state index in [0.29, 0.717) is 4.90 Å². The van der Waals surface area contributed by atoms with Crippen LogP contribution in [0.3, 0.4) is 0 Å².